The van der Waals surface area contributed by atoms with Gasteiger partial charge < -0.3 is 29.2 Å². The van der Waals surface area contributed by atoms with Gasteiger partial charge in [0.25, 0.3) is 0 Å². The van der Waals surface area contributed by atoms with Crippen molar-refractivity contribution in [2.45, 2.75) is 80.9 Å². The van der Waals surface area contributed by atoms with Gasteiger partial charge in [-0.05, 0) is 30.3 Å². The minimum absolute atomic E-state index is 0.0467. The molecule has 0 aromatic rings. The Balaban J connectivity index is 1.40. The number of hydrogen-bond donors (Lipinski definition) is 2. The number of esters is 1. The maximum absolute atomic E-state index is 12.1. The van der Waals surface area contributed by atoms with Crippen molar-refractivity contribution in [3.8, 4) is 0 Å². The van der Waals surface area contributed by atoms with Gasteiger partial charge in [-0.3, -0.25) is 0 Å². The summed E-state index contributed by atoms with van der Waals surface area (Å²) in [6.45, 7) is 6.51. The van der Waals surface area contributed by atoms with Gasteiger partial charge in [0.05, 0.1) is 17.8 Å². The number of aliphatic hydroxyl groups is 2. The number of carbonyl (C=O) groups excluding carboxylic acids is 1. The molecule has 4 aliphatic heterocycles. The lowest BCUT2D eigenvalue weighted by atomic mass is 9.46. The molecule has 27 heavy (non-hydrogen) atoms. The highest BCUT2D eigenvalue weighted by Gasteiger charge is 3.00. The van der Waals surface area contributed by atoms with E-state index in [1.165, 1.54) is 0 Å². The van der Waals surface area contributed by atoms with E-state index in [1.807, 2.05) is 0 Å². The molecule has 0 radical (unpaired) electrons. The molecular formula is C20H24O7. The molecule has 3 saturated heterocycles. The molecule has 7 nitrogen and oxygen atoms in total. The van der Waals surface area contributed by atoms with Crippen molar-refractivity contribution in [1.82, 2.24) is 0 Å². The van der Waals surface area contributed by atoms with Crippen molar-refractivity contribution in [2.24, 2.45) is 17.3 Å². The van der Waals surface area contributed by atoms with E-state index >= 15 is 0 Å². The summed E-state index contributed by atoms with van der Waals surface area (Å²) in [4.78, 5) is 12.1. The first-order valence-electron chi connectivity index (χ1n) is 10.1. The number of epoxide rings is 3. The first kappa shape index (κ1) is 15.9. The Morgan fingerprint density at radius 1 is 1.15 bits per heavy atom. The van der Waals surface area contributed by atoms with Gasteiger partial charge in [-0.1, -0.05) is 20.8 Å². The fourth-order valence-electron chi connectivity index (χ4n) is 7.80. The van der Waals surface area contributed by atoms with Crippen molar-refractivity contribution < 1.29 is 34.0 Å². The van der Waals surface area contributed by atoms with Crippen LogP contribution >= 0.6 is 0 Å². The molecule has 3 aliphatic carbocycles. The van der Waals surface area contributed by atoms with Crippen molar-refractivity contribution in [3.63, 3.8) is 0 Å². The average Bonchev–Trinajstić information content (AvgIpc) is 3.48. The van der Waals surface area contributed by atoms with E-state index in [0.29, 0.717) is 18.4 Å². The molecule has 10 atom stereocenters. The summed E-state index contributed by atoms with van der Waals surface area (Å²) >= 11 is 0. The number of fused-ring (bicyclic) bond motifs is 4. The van der Waals surface area contributed by atoms with Crippen LogP contribution in [-0.4, -0.2) is 70.1 Å². The summed E-state index contributed by atoms with van der Waals surface area (Å²) in [5.41, 5.74) is -1.12. The summed E-state index contributed by atoms with van der Waals surface area (Å²) in [6.07, 6.45) is -0.861. The number of carbonyl (C=O) groups is 1. The van der Waals surface area contributed by atoms with Gasteiger partial charge in [-0.25, -0.2) is 4.79 Å². The maximum Gasteiger partial charge on any atom is 0.337 e. The van der Waals surface area contributed by atoms with Crippen molar-refractivity contribution in [2.75, 3.05) is 6.61 Å². The van der Waals surface area contributed by atoms with Crippen molar-refractivity contribution in [3.05, 3.63) is 11.1 Å². The molecule has 7 rings (SSSR count). The molecule has 4 heterocycles. The van der Waals surface area contributed by atoms with Crippen LogP contribution in [0.15, 0.2) is 11.1 Å². The lowest BCUT2D eigenvalue weighted by molar-refractivity contribution is -0.137. The highest BCUT2D eigenvalue weighted by Crippen LogP contribution is 2.82. The van der Waals surface area contributed by atoms with Gasteiger partial charge in [-0.2, -0.15) is 0 Å². The Bertz CT molecular complexity index is 851. The van der Waals surface area contributed by atoms with Crippen LogP contribution in [0.5, 0.6) is 0 Å². The van der Waals surface area contributed by atoms with Crippen molar-refractivity contribution >= 4 is 5.97 Å². The third-order valence-electron chi connectivity index (χ3n) is 9.09. The maximum atomic E-state index is 12.1. The number of aliphatic hydroxyl groups excluding tert-OH is 2. The molecule has 0 aromatic carbocycles. The number of ether oxygens (including phenoxy) is 4. The Labute approximate surface area is 156 Å². The van der Waals surface area contributed by atoms with E-state index in [9.17, 15) is 15.0 Å². The van der Waals surface area contributed by atoms with E-state index in [1.54, 1.807) is 0 Å². The fraction of sp³-hybridized carbons (Fsp3) is 0.850. The smallest absolute Gasteiger partial charge is 0.337 e. The normalized spacial score (nSPS) is 64.0. The lowest BCUT2D eigenvalue weighted by Gasteiger charge is -2.54. The van der Waals surface area contributed by atoms with Crippen LogP contribution in [0, 0.1) is 17.3 Å². The number of rotatable bonds is 1. The van der Waals surface area contributed by atoms with Crippen LogP contribution in [0.25, 0.3) is 0 Å². The fourth-order valence-corrected chi connectivity index (χ4v) is 7.80. The summed E-state index contributed by atoms with van der Waals surface area (Å²) in [5, 5.41) is 22.3. The SMILES string of the molecule is CC(C)[C@]12OC1C1O[C@]13[C@]1(OC1CC1C4=C(C(=O)OC4)C(O)C[C@@]13C)C2O. The molecule has 0 bridgehead atoms. The predicted molar refractivity (Wildman–Crippen MR) is 88.5 cm³/mol. The third-order valence-corrected chi connectivity index (χ3v) is 9.09. The topological polar surface area (TPSA) is 104 Å². The van der Waals surface area contributed by atoms with Gasteiger partial charge >= 0.3 is 5.97 Å². The second kappa shape index (κ2) is 4.00. The van der Waals surface area contributed by atoms with Gasteiger partial charge in [0, 0.05) is 5.41 Å². The molecule has 7 aliphatic rings. The van der Waals surface area contributed by atoms with E-state index in [4.69, 9.17) is 18.9 Å². The van der Waals surface area contributed by atoms with E-state index in [0.717, 1.165) is 5.57 Å². The predicted octanol–water partition coefficient (Wildman–Crippen LogP) is 0.0739. The summed E-state index contributed by atoms with van der Waals surface area (Å²) in [5.74, 6) is -0.186. The zero-order chi connectivity index (χ0) is 18.7. The largest absolute Gasteiger partial charge is 0.458 e. The second-order valence-electron chi connectivity index (χ2n) is 10.1. The van der Waals surface area contributed by atoms with Crippen LogP contribution in [0.1, 0.15) is 33.6 Å². The van der Waals surface area contributed by atoms with Gasteiger partial charge in [0.2, 0.25) is 0 Å². The molecular weight excluding hydrogens is 352 g/mol. The molecule has 2 N–H and O–H groups in total. The molecule has 2 spiro atoms. The van der Waals surface area contributed by atoms with E-state index in [-0.39, 0.29) is 36.8 Å². The van der Waals surface area contributed by atoms with Crippen LogP contribution in [0.3, 0.4) is 0 Å². The van der Waals surface area contributed by atoms with Crippen LogP contribution < -0.4 is 0 Å². The Morgan fingerprint density at radius 3 is 2.67 bits per heavy atom. The molecule has 2 saturated carbocycles. The van der Waals surface area contributed by atoms with Crippen LogP contribution in [0.4, 0.5) is 0 Å². The monoisotopic (exact) mass is 376 g/mol. The lowest BCUT2D eigenvalue weighted by Crippen LogP contribution is -2.69. The highest BCUT2D eigenvalue weighted by molar-refractivity contribution is 5.93. The van der Waals surface area contributed by atoms with Gasteiger partial charge in [-0.15, -0.1) is 0 Å². The molecule has 0 aromatic heterocycles. The van der Waals surface area contributed by atoms with E-state index in [2.05, 4.69) is 20.8 Å². The first-order valence-corrected chi connectivity index (χ1v) is 10.1. The standard InChI is InChI=1S/C20H24O7/c1-7(2)18-13(26-18)14-20(27-14)17(3)5-10(21)12-8(6-24-15(12)22)9(17)4-11-19(20,25-11)16(18)23/h7,9-11,13-14,16,21,23H,4-6H2,1-3H3/t9?,10?,11?,13?,14?,16?,17-,18-,19+,20+/m0/s1. The van der Waals surface area contributed by atoms with Gasteiger partial charge in [0.15, 0.2) is 5.60 Å². The van der Waals surface area contributed by atoms with Crippen LogP contribution in [-0.2, 0) is 23.7 Å². The zero-order valence-electron chi connectivity index (χ0n) is 15.6. The minimum Gasteiger partial charge on any atom is -0.458 e. The van der Waals surface area contributed by atoms with Crippen LogP contribution in [0.2, 0.25) is 0 Å². The Kier molecular flexibility index (Phi) is 2.35. The molecule has 5 fully saturated rings. The summed E-state index contributed by atoms with van der Waals surface area (Å²) in [6, 6.07) is 0. The minimum atomic E-state index is -0.864. The number of hydrogen-bond acceptors (Lipinski definition) is 7. The Hall–Kier alpha value is -0.990. The number of cyclic esters (lactones) is 1. The summed E-state index contributed by atoms with van der Waals surface area (Å²) < 4.78 is 24.1. The molecule has 0 amide bonds. The first-order chi connectivity index (χ1) is 12.8. The van der Waals surface area contributed by atoms with Crippen molar-refractivity contribution in [1.29, 1.82) is 0 Å². The molecule has 6 unspecified atom stereocenters. The molecule has 146 valence electrons. The second-order valence-corrected chi connectivity index (χ2v) is 10.1. The quantitative estimate of drug-likeness (QED) is 0.493. The summed E-state index contributed by atoms with van der Waals surface area (Å²) in [7, 11) is 0. The Morgan fingerprint density at radius 2 is 1.93 bits per heavy atom. The van der Waals surface area contributed by atoms with E-state index < -0.39 is 40.4 Å². The average molecular weight is 376 g/mol. The van der Waals surface area contributed by atoms with Gasteiger partial charge in [0.1, 0.15) is 36.1 Å². The highest BCUT2D eigenvalue weighted by atomic mass is 16.7. The molecule has 7 heteroatoms. The third kappa shape index (κ3) is 1.27. The zero-order valence-corrected chi connectivity index (χ0v) is 15.6.